The Balaban J connectivity index is 2.01. The van der Waals surface area contributed by atoms with Gasteiger partial charge < -0.3 is 5.32 Å². The van der Waals surface area contributed by atoms with Crippen LogP contribution in [0, 0.1) is 13.8 Å². The van der Waals surface area contributed by atoms with Gasteiger partial charge in [-0.3, -0.25) is 10.00 Å². The number of benzene rings is 1. The molecule has 0 unspecified atom stereocenters. The Morgan fingerprint density at radius 1 is 1.17 bits per heavy atom. The summed E-state index contributed by atoms with van der Waals surface area (Å²) >= 11 is 0. The highest BCUT2D eigenvalue weighted by molar-refractivity contribution is 5.99. The third-order valence-electron chi connectivity index (χ3n) is 2.55. The predicted octanol–water partition coefficient (Wildman–Crippen LogP) is 2.68. The van der Waals surface area contributed by atoms with Crippen molar-refractivity contribution in [3.63, 3.8) is 0 Å². The largest absolute Gasteiger partial charge is 0.324 e. The standard InChI is InChI=1S/C13H16N4O/c1-9-4-6-11(7-5-9)14-13(18)15-12-8-10(2)16-17(12)3/h4-8H,1-3H3,(H2,14,15,18). The number of carbonyl (C=O) groups is 1. The van der Waals surface area contributed by atoms with Crippen LogP contribution in [0.25, 0.3) is 0 Å². The van der Waals surface area contributed by atoms with E-state index in [-0.39, 0.29) is 6.03 Å². The van der Waals surface area contributed by atoms with E-state index in [4.69, 9.17) is 0 Å². The molecule has 2 aromatic rings. The van der Waals surface area contributed by atoms with Crippen LogP contribution in [0.5, 0.6) is 0 Å². The lowest BCUT2D eigenvalue weighted by Crippen LogP contribution is -2.20. The summed E-state index contributed by atoms with van der Waals surface area (Å²) in [7, 11) is 1.79. The SMILES string of the molecule is Cc1ccc(NC(=O)Nc2cc(C)nn2C)cc1. The Bertz CT molecular complexity index is 557. The average Bonchev–Trinajstić information content (AvgIpc) is 2.61. The monoisotopic (exact) mass is 244 g/mol. The van der Waals surface area contributed by atoms with Gasteiger partial charge in [0, 0.05) is 18.8 Å². The first-order valence-corrected chi connectivity index (χ1v) is 5.70. The van der Waals surface area contributed by atoms with E-state index in [2.05, 4.69) is 15.7 Å². The van der Waals surface area contributed by atoms with Crippen LogP contribution >= 0.6 is 0 Å². The highest BCUT2D eigenvalue weighted by Gasteiger charge is 2.06. The molecule has 0 atom stereocenters. The number of hydrogen-bond donors (Lipinski definition) is 2. The van der Waals surface area contributed by atoms with Gasteiger partial charge in [-0.15, -0.1) is 0 Å². The maximum Gasteiger partial charge on any atom is 0.324 e. The number of carbonyl (C=O) groups excluding carboxylic acids is 1. The van der Waals surface area contributed by atoms with E-state index in [1.807, 2.05) is 44.2 Å². The minimum Gasteiger partial charge on any atom is -0.308 e. The molecule has 1 aromatic heterocycles. The molecule has 1 aromatic carbocycles. The first kappa shape index (κ1) is 12.2. The highest BCUT2D eigenvalue weighted by atomic mass is 16.2. The molecule has 0 aliphatic rings. The molecule has 0 saturated carbocycles. The van der Waals surface area contributed by atoms with Gasteiger partial charge in [0.15, 0.2) is 0 Å². The molecule has 1 heterocycles. The fraction of sp³-hybridized carbons (Fsp3) is 0.231. The summed E-state index contributed by atoms with van der Waals surface area (Å²) in [6.07, 6.45) is 0. The molecule has 0 fully saturated rings. The molecule has 0 aliphatic heterocycles. The molecule has 0 bridgehead atoms. The van der Waals surface area contributed by atoms with Crippen LogP contribution in [-0.2, 0) is 7.05 Å². The maximum atomic E-state index is 11.8. The van der Waals surface area contributed by atoms with Crippen molar-refractivity contribution in [3.05, 3.63) is 41.6 Å². The van der Waals surface area contributed by atoms with E-state index in [1.54, 1.807) is 11.7 Å². The Kier molecular flexibility index (Phi) is 3.32. The van der Waals surface area contributed by atoms with Crippen LogP contribution in [0.1, 0.15) is 11.3 Å². The second kappa shape index (κ2) is 4.91. The number of aryl methyl sites for hydroxylation is 3. The lowest BCUT2D eigenvalue weighted by molar-refractivity contribution is 0.262. The predicted molar refractivity (Wildman–Crippen MR) is 71.8 cm³/mol. The topological polar surface area (TPSA) is 59.0 Å². The smallest absolute Gasteiger partial charge is 0.308 e. The average molecular weight is 244 g/mol. The van der Waals surface area contributed by atoms with Crippen LogP contribution < -0.4 is 10.6 Å². The van der Waals surface area contributed by atoms with Gasteiger partial charge in [-0.05, 0) is 26.0 Å². The second-order valence-corrected chi connectivity index (χ2v) is 4.24. The second-order valence-electron chi connectivity index (χ2n) is 4.24. The van der Waals surface area contributed by atoms with Crippen LogP contribution in [0.15, 0.2) is 30.3 Å². The zero-order chi connectivity index (χ0) is 13.1. The van der Waals surface area contributed by atoms with Gasteiger partial charge in [-0.1, -0.05) is 17.7 Å². The van der Waals surface area contributed by atoms with Crippen LogP contribution in [-0.4, -0.2) is 15.8 Å². The fourth-order valence-electron chi connectivity index (χ4n) is 1.64. The number of nitrogens with zero attached hydrogens (tertiary/aromatic N) is 2. The van der Waals surface area contributed by atoms with E-state index in [0.717, 1.165) is 16.9 Å². The molecule has 5 heteroatoms. The summed E-state index contributed by atoms with van der Waals surface area (Å²) in [6, 6.07) is 9.16. The summed E-state index contributed by atoms with van der Waals surface area (Å²) in [5.74, 6) is 0.664. The normalized spacial score (nSPS) is 10.2. The molecule has 5 nitrogen and oxygen atoms in total. The molecular weight excluding hydrogens is 228 g/mol. The molecule has 2 N–H and O–H groups in total. The summed E-state index contributed by atoms with van der Waals surface area (Å²) in [4.78, 5) is 11.8. The minimum absolute atomic E-state index is 0.276. The number of hydrogen-bond acceptors (Lipinski definition) is 2. The van der Waals surface area contributed by atoms with E-state index in [0.29, 0.717) is 5.82 Å². The third kappa shape index (κ3) is 2.88. The number of urea groups is 1. The van der Waals surface area contributed by atoms with Gasteiger partial charge in [0.05, 0.1) is 5.69 Å². The zero-order valence-corrected chi connectivity index (χ0v) is 10.7. The quantitative estimate of drug-likeness (QED) is 0.853. The molecule has 2 amide bonds. The van der Waals surface area contributed by atoms with E-state index >= 15 is 0 Å². The summed E-state index contributed by atoms with van der Waals surface area (Å²) in [5, 5.41) is 9.66. The number of aromatic nitrogens is 2. The first-order chi connectivity index (χ1) is 8.54. The summed E-state index contributed by atoms with van der Waals surface area (Å²) in [5.41, 5.74) is 2.78. The Morgan fingerprint density at radius 2 is 1.83 bits per heavy atom. The van der Waals surface area contributed by atoms with Gasteiger partial charge in [0.2, 0.25) is 0 Å². The molecular formula is C13H16N4O. The fourth-order valence-corrected chi connectivity index (χ4v) is 1.64. The van der Waals surface area contributed by atoms with Crippen molar-refractivity contribution < 1.29 is 4.79 Å². The van der Waals surface area contributed by atoms with Gasteiger partial charge in [-0.2, -0.15) is 5.10 Å². The van der Waals surface area contributed by atoms with Crippen molar-refractivity contribution in [3.8, 4) is 0 Å². The van der Waals surface area contributed by atoms with Crippen molar-refractivity contribution in [2.45, 2.75) is 13.8 Å². The highest BCUT2D eigenvalue weighted by Crippen LogP contribution is 2.11. The van der Waals surface area contributed by atoms with Crippen molar-refractivity contribution in [2.24, 2.45) is 7.05 Å². The molecule has 94 valence electrons. The Morgan fingerprint density at radius 3 is 2.39 bits per heavy atom. The molecule has 2 rings (SSSR count). The van der Waals surface area contributed by atoms with Crippen LogP contribution in [0.2, 0.25) is 0 Å². The third-order valence-corrected chi connectivity index (χ3v) is 2.55. The molecule has 0 saturated heterocycles. The maximum absolute atomic E-state index is 11.8. The van der Waals surface area contributed by atoms with Gasteiger partial charge in [0.1, 0.15) is 5.82 Å². The molecule has 0 aliphatic carbocycles. The molecule has 0 spiro atoms. The van der Waals surface area contributed by atoms with Gasteiger partial charge in [0.25, 0.3) is 0 Å². The van der Waals surface area contributed by atoms with Gasteiger partial charge >= 0.3 is 6.03 Å². The number of nitrogens with one attached hydrogen (secondary N) is 2. The first-order valence-electron chi connectivity index (χ1n) is 5.70. The van der Waals surface area contributed by atoms with Crippen molar-refractivity contribution in [2.75, 3.05) is 10.6 Å². The number of amides is 2. The molecule has 0 radical (unpaired) electrons. The van der Waals surface area contributed by atoms with Crippen LogP contribution in [0.3, 0.4) is 0 Å². The van der Waals surface area contributed by atoms with E-state index in [1.165, 1.54) is 0 Å². The van der Waals surface area contributed by atoms with Crippen molar-refractivity contribution >= 4 is 17.5 Å². The van der Waals surface area contributed by atoms with Gasteiger partial charge in [-0.25, -0.2) is 4.79 Å². The zero-order valence-electron chi connectivity index (χ0n) is 10.7. The van der Waals surface area contributed by atoms with E-state index < -0.39 is 0 Å². The summed E-state index contributed by atoms with van der Waals surface area (Å²) in [6.45, 7) is 3.88. The molecule has 18 heavy (non-hydrogen) atoms. The van der Waals surface area contributed by atoms with Crippen molar-refractivity contribution in [1.82, 2.24) is 9.78 Å². The summed E-state index contributed by atoms with van der Waals surface area (Å²) < 4.78 is 1.63. The van der Waals surface area contributed by atoms with Crippen LogP contribution in [0.4, 0.5) is 16.3 Å². The lowest BCUT2D eigenvalue weighted by Gasteiger charge is -2.07. The number of anilines is 2. The minimum atomic E-state index is -0.276. The van der Waals surface area contributed by atoms with E-state index in [9.17, 15) is 4.79 Å². The Hall–Kier alpha value is -2.30. The lowest BCUT2D eigenvalue weighted by atomic mass is 10.2. The number of rotatable bonds is 2. The van der Waals surface area contributed by atoms with Crippen molar-refractivity contribution in [1.29, 1.82) is 0 Å². The Labute approximate surface area is 106 Å².